The van der Waals surface area contributed by atoms with Gasteiger partial charge in [-0.3, -0.25) is 0 Å². The van der Waals surface area contributed by atoms with Crippen molar-refractivity contribution in [2.24, 2.45) is 0 Å². The maximum Gasteiger partial charge on any atom is 0.127 e. The SMILES string of the molecule is CNC1CC2(CCN3CCCC3C2)Oc2cc(F)ccc21. The van der Waals surface area contributed by atoms with Gasteiger partial charge < -0.3 is 15.0 Å². The molecule has 0 bridgehead atoms. The average molecular weight is 290 g/mol. The third-order valence-electron chi connectivity index (χ3n) is 5.56. The van der Waals surface area contributed by atoms with Crippen LogP contribution in [-0.4, -0.2) is 36.7 Å². The van der Waals surface area contributed by atoms with Crippen LogP contribution >= 0.6 is 0 Å². The molecule has 3 aliphatic heterocycles. The smallest absolute Gasteiger partial charge is 0.127 e. The molecule has 2 saturated heterocycles. The predicted octanol–water partition coefficient (Wildman–Crippen LogP) is 2.87. The summed E-state index contributed by atoms with van der Waals surface area (Å²) in [4.78, 5) is 2.60. The largest absolute Gasteiger partial charge is 0.487 e. The van der Waals surface area contributed by atoms with Crippen LogP contribution in [0.1, 0.15) is 43.7 Å². The van der Waals surface area contributed by atoms with Gasteiger partial charge in [-0.1, -0.05) is 6.07 Å². The van der Waals surface area contributed by atoms with Gasteiger partial charge in [-0.15, -0.1) is 0 Å². The van der Waals surface area contributed by atoms with Crippen molar-refractivity contribution >= 4 is 0 Å². The van der Waals surface area contributed by atoms with E-state index < -0.39 is 0 Å². The third-order valence-corrected chi connectivity index (χ3v) is 5.56. The van der Waals surface area contributed by atoms with Crippen molar-refractivity contribution in [1.82, 2.24) is 10.2 Å². The van der Waals surface area contributed by atoms with E-state index in [4.69, 9.17) is 4.74 Å². The highest BCUT2D eigenvalue weighted by atomic mass is 19.1. The Morgan fingerprint density at radius 1 is 1.33 bits per heavy atom. The zero-order valence-corrected chi connectivity index (χ0v) is 12.6. The van der Waals surface area contributed by atoms with Gasteiger partial charge in [0.05, 0.1) is 0 Å². The Hall–Kier alpha value is -1.13. The lowest BCUT2D eigenvalue weighted by Gasteiger charge is -2.48. The molecule has 0 saturated carbocycles. The first-order chi connectivity index (χ1) is 10.2. The molecule has 3 atom stereocenters. The van der Waals surface area contributed by atoms with E-state index in [-0.39, 0.29) is 17.5 Å². The number of ether oxygens (including phenoxy) is 1. The molecule has 3 aliphatic rings. The van der Waals surface area contributed by atoms with Crippen molar-refractivity contribution in [2.75, 3.05) is 20.1 Å². The highest BCUT2D eigenvalue weighted by molar-refractivity contribution is 5.39. The molecule has 1 aromatic carbocycles. The van der Waals surface area contributed by atoms with Crippen LogP contribution in [-0.2, 0) is 0 Å². The molecule has 3 unspecified atom stereocenters. The first kappa shape index (κ1) is 13.5. The zero-order chi connectivity index (χ0) is 14.4. The summed E-state index contributed by atoms with van der Waals surface area (Å²) < 4.78 is 20.0. The van der Waals surface area contributed by atoms with Gasteiger partial charge in [-0.2, -0.15) is 0 Å². The molecular weight excluding hydrogens is 267 g/mol. The van der Waals surface area contributed by atoms with E-state index in [0.717, 1.165) is 37.1 Å². The van der Waals surface area contributed by atoms with Crippen LogP contribution in [0.2, 0.25) is 0 Å². The van der Waals surface area contributed by atoms with E-state index in [2.05, 4.69) is 10.2 Å². The lowest BCUT2D eigenvalue weighted by atomic mass is 9.78. The number of benzene rings is 1. The van der Waals surface area contributed by atoms with Crippen LogP contribution in [0.3, 0.4) is 0 Å². The topological polar surface area (TPSA) is 24.5 Å². The van der Waals surface area contributed by atoms with Crippen molar-refractivity contribution in [2.45, 2.75) is 49.8 Å². The van der Waals surface area contributed by atoms with Gasteiger partial charge in [-0.05, 0) is 38.9 Å². The highest BCUT2D eigenvalue weighted by Crippen LogP contribution is 2.46. The normalized spacial score (nSPS) is 35.3. The molecule has 4 heteroatoms. The number of piperidine rings is 1. The molecule has 1 N–H and O–H groups in total. The zero-order valence-electron chi connectivity index (χ0n) is 12.6. The van der Waals surface area contributed by atoms with Gasteiger partial charge in [-0.25, -0.2) is 4.39 Å². The van der Waals surface area contributed by atoms with Gasteiger partial charge in [0.15, 0.2) is 0 Å². The molecular formula is C17H23FN2O. The van der Waals surface area contributed by atoms with Crippen molar-refractivity contribution in [3.63, 3.8) is 0 Å². The lowest BCUT2D eigenvalue weighted by molar-refractivity contribution is -0.0386. The Labute approximate surface area is 125 Å². The fourth-order valence-corrected chi connectivity index (χ4v) is 4.48. The Morgan fingerprint density at radius 3 is 3.10 bits per heavy atom. The minimum absolute atomic E-state index is 0.111. The summed E-state index contributed by atoms with van der Waals surface area (Å²) in [5.41, 5.74) is 0.985. The van der Waals surface area contributed by atoms with E-state index in [0.29, 0.717) is 6.04 Å². The molecule has 114 valence electrons. The van der Waals surface area contributed by atoms with E-state index in [1.807, 2.05) is 13.1 Å². The molecule has 0 aliphatic carbocycles. The molecule has 3 heterocycles. The second kappa shape index (κ2) is 4.96. The second-order valence-electron chi connectivity index (χ2n) is 6.80. The number of hydrogen-bond donors (Lipinski definition) is 1. The quantitative estimate of drug-likeness (QED) is 0.861. The molecule has 1 spiro atoms. The van der Waals surface area contributed by atoms with E-state index in [1.54, 1.807) is 6.07 Å². The maximum absolute atomic E-state index is 13.6. The summed E-state index contributed by atoms with van der Waals surface area (Å²) in [5, 5.41) is 3.39. The molecule has 4 rings (SSSR count). The van der Waals surface area contributed by atoms with Crippen LogP contribution in [0.4, 0.5) is 4.39 Å². The van der Waals surface area contributed by atoms with Crippen LogP contribution in [0.5, 0.6) is 5.75 Å². The first-order valence-electron chi connectivity index (χ1n) is 8.09. The Bertz CT molecular complexity index is 550. The number of fused-ring (bicyclic) bond motifs is 2. The molecule has 21 heavy (non-hydrogen) atoms. The molecule has 2 fully saturated rings. The molecule has 0 amide bonds. The fraction of sp³-hybridized carbons (Fsp3) is 0.647. The van der Waals surface area contributed by atoms with Crippen molar-refractivity contribution in [3.8, 4) is 5.75 Å². The van der Waals surface area contributed by atoms with Gasteiger partial charge in [0.1, 0.15) is 17.2 Å². The number of nitrogens with zero attached hydrogens (tertiary/aromatic N) is 1. The summed E-state index contributed by atoms with van der Waals surface area (Å²) in [6.07, 6.45) is 5.72. The minimum atomic E-state index is -0.209. The van der Waals surface area contributed by atoms with Gasteiger partial charge in [0.25, 0.3) is 0 Å². The Balaban J connectivity index is 1.66. The Morgan fingerprint density at radius 2 is 2.24 bits per heavy atom. The summed E-state index contributed by atoms with van der Waals surface area (Å²) in [6.45, 7) is 2.35. The van der Waals surface area contributed by atoms with E-state index in [1.165, 1.54) is 25.5 Å². The minimum Gasteiger partial charge on any atom is -0.487 e. The summed E-state index contributed by atoms with van der Waals surface area (Å²) in [6, 6.07) is 5.88. The molecule has 0 radical (unpaired) electrons. The van der Waals surface area contributed by atoms with Crippen molar-refractivity contribution < 1.29 is 9.13 Å². The van der Waals surface area contributed by atoms with Crippen molar-refractivity contribution in [1.29, 1.82) is 0 Å². The lowest BCUT2D eigenvalue weighted by Crippen LogP contribution is -2.53. The van der Waals surface area contributed by atoms with Gasteiger partial charge >= 0.3 is 0 Å². The molecule has 3 nitrogen and oxygen atoms in total. The van der Waals surface area contributed by atoms with E-state index >= 15 is 0 Å². The van der Waals surface area contributed by atoms with Gasteiger partial charge in [0, 0.05) is 43.1 Å². The van der Waals surface area contributed by atoms with Gasteiger partial charge in [0.2, 0.25) is 0 Å². The van der Waals surface area contributed by atoms with Crippen LogP contribution in [0.25, 0.3) is 0 Å². The fourth-order valence-electron chi connectivity index (χ4n) is 4.48. The monoisotopic (exact) mass is 290 g/mol. The number of nitrogens with one attached hydrogen (secondary N) is 1. The van der Waals surface area contributed by atoms with Crippen LogP contribution in [0.15, 0.2) is 18.2 Å². The molecule has 0 aromatic heterocycles. The third kappa shape index (κ3) is 2.25. The van der Waals surface area contributed by atoms with Crippen molar-refractivity contribution in [3.05, 3.63) is 29.6 Å². The number of hydrogen-bond acceptors (Lipinski definition) is 3. The summed E-state index contributed by atoms with van der Waals surface area (Å²) in [5.74, 6) is 0.533. The summed E-state index contributed by atoms with van der Waals surface area (Å²) >= 11 is 0. The highest BCUT2D eigenvalue weighted by Gasteiger charge is 2.47. The molecule has 1 aromatic rings. The average Bonchev–Trinajstić information content (AvgIpc) is 2.93. The maximum atomic E-state index is 13.6. The standard InChI is InChI=1S/C17H23FN2O/c1-19-15-11-17(6-8-20-7-2-3-13(20)10-17)21-16-9-12(18)4-5-14(15)16/h4-5,9,13,15,19H,2-3,6-8,10-11H2,1H3. The van der Waals surface area contributed by atoms with E-state index in [9.17, 15) is 4.39 Å². The number of halogens is 1. The van der Waals surface area contributed by atoms with Crippen LogP contribution in [0, 0.1) is 5.82 Å². The predicted molar refractivity (Wildman–Crippen MR) is 80.0 cm³/mol. The number of rotatable bonds is 1. The Kier molecular flexibility index (Phi) is 3.19. The van der Waals surface area contributed by atoms with Crippen LogP contribution < -0.4 is 10.1 Å². The first-order valence-corrected chi connectivity index (χ1v) is 8.09. The second-order valence-corrected chi connectivity index (χ2v) is 6.80. The summed E-state index contributed by atoms with van der Waals surface area (Å²) in [7, 11) is 1.99.